The number of nitrogens with zero attached hydrogens (tertiary/aromatic N) is 1. The Bertz CT molecular complexity index is 686. The molecule has 3 heteroatoms. The molecule has 29 heavy (non-hydrogen) atoms. The van der Waals surface area contributed by atoms with Crippen LogP contribution in [0.25, 0.3) is 0 Å². The first-order chi connectivity index (χ1) is 13.7. The first kappa shape index (κ1) is 25.7. The van der Waals surface area contributed by atoms with Gasteiger partial charge in [0.1, 0.15) is 12.3 Å². The SMILES string of the molecule is CCCCCc1ccc(OCCCC[n+]2cccc(C)c2)c(CCCCC)c1.[Br-]. The summed E-state index contributed by atoms with van der Waals surface area (Å²) < 4.78 is 8.48. The minimum absolute atomic E-state index is 0. The van der Waals surface area contributed by atoms with Crippen LogP contribution in [0.1, 0.15) is 81.9 Å². The Kier molecular flexibility index (Phi) is 13.7. The maximum atomic E-state index is 6.20. The Morgan fingerprint density at radius 1 is 0.862 bits per heavy atom. The topological polar surface area (TPSA) is 13.1 Å². The molecule has 0 unspecified atom stereocenters. The molecule has 0 aliphatic carbocycles. The summed E-state index contributed by atoms with van der Waals surface area (Å²) in [5.74, 6) is 1.11. The molecule has 0 saturated heterocycles. The number of rotatable bonds is 14. The number of halogens is 1. The first-order valence-electron chi connectivity index (χ1n) is 11.4. The Hall–Kier alpha value is -1.35. The molecule has 0 amide bonds. The molecule has 0 saturated carbocycles. The van der Waals surface area contributed by atoms with E-state index in [2.05, 4.69) is 68.1 Å². The van der Waals surface area contributed by atoms with E-state index in [9.17, 15) is 0 Å². The van der Waals surface area contributed by atoms with E-state index in [1.54, 1.807) is 0 Å². The molecule has 0 bridgehead atoms. The van der Waals surface area contributed by atoms with E-state index in [1.807, 2.05) is 0 Å². The zero-order valence-electron chi connectivity index (χ0n) is 18.8. The molecule has 2 nitrogen and oxygen atoms in total. The van der Waals surface area contributed by atoms with E-state index in [1.165, 1.54) is 61.6 Å². The molecule has 0 fully saturated rings. The lowest BCUT2D eigenvalue weighted by molar-refractivity contribution is -0.697. The van der Waals surface area contributed by atoms with Crippen LogP contribution < -0.4 is 26.3 Å². The van der Waals surface area contributed by atoms with Gasteiger partial charge in [-0.05, 0) is 62.3 Å². The number of pyridine rings is 1. The van der Waals surface area contributed by atoms with Crippen molar-refractivity contribution in [1.29, 1.82) is 0 Å². The molecule has 0 N–H and O–H groups in total. The highest BCUT2D eigenvalue weighted by Gasteiger charge is 2.07. The van der Waals surface area contributed by atoms with Gasteiger partial charge in [-0.2, -0.15) is 0 Å². The molecule has 0 aliphatic heterocycles. The molecule has 2 rings (SSSR count). The molecule has 0 aliphatic rings. The highest BCUT2D eigenvalue weighted by atomic mass is 79.9. The zero-order valence-corrected chi connectivity index (χ0v) is 20.3. The summed E-state index contributed by atoms with van der Waals surface area (Å²) in [5, 5.41) is 0. The van der Waals surface area contributed by atoms with Gasteiger partial charge < -0.3 is 21.7 Å². The average Bonchev–Trinajstić information content (AvgIpc) is 2.69. The van der Waals surface area contributed by atoms with E-state index >= 15 is 0 Å². The molecule has 1 heterocycles. The third kappa shape index (κ3) is 10.3. The molecule has 0 radical (unpaired) electrons. The zero-order chi connectivity index (χ0) is 20.0. The maximum Gasteiger partial charge on any atom is 0.171 e. The molecule has 1 aromatic heterocycles. The van der Waals surface area contributed by atoms with Crippen LogP contribution in [0.5, 0.6) is 5.75 Å². The van der Waals surface area contributed by atoms with Crippen molar-refractivity contribution in [2.45, 2.75) is 91.5 Å². The number of hydrogen-bond donors (Lipinski definition) is 0. The van der Waals surface area contributed by atoms with Crippen molar-refractivity contribution in [3.8, 4) is 5.75 Å². The largest absolute Gasteiger partial charge is 1.00 e. The standard InChI is InChI=1S/C26H40NO.BrH/c1-4-6-8-14-24-16-17-26(25(21-24)15-9-7-5-2)28-20-11-10-18-27-19-12-13-23(3)22-27;/h12-13,16-17,19,21-22H,4-11,14-15,18,20H2,1-3H3;1H/q+1;/p-1. The summed E-state index contributed by atoms with van der Waals surface area (Å²) in [4.78, 5) is 0. The molecule has 2 aromatic rings. The summed E-state index contributed by atoms with van der Waals surface area (Å²) in [6, 6.07) is 11.2. The third-order valence-corrected chi connectivity index (χ3v) is 5.32. The number of aromatic nitrogens is 1. The highest BCUT2D eigenvalue weighted by Crippen LogP contribution is 2.24. The van der Waals surface area contributed by atoms with Gasteiger partial charge in [-0.25, -0.2) is 4.57 Å². The fraction of sp³-hybridized carbons (Fsp3) is 0.577. The highest BCUT2D eigenvalue weighted by molar-refractivity contribution is 5.37. The summed E-state index contributed by atoms with van der Waals surface area (Å²) >= 11 is 0. The van der Waals surface area contributed by atoms with E-state index in [4.69, 9.17) is 4.74 Å². The van der Waals surface area contributed by atoms with Crippen LogP contribution in [0.4, 0.5) is 0 Å². The number of ether oxygens (including phenoxy) is 1. The average molecular weight is 463 g/mol. The van der Waals surface area contributed by atoms with Crippen LogP contribution in [0.15, 0.2) is 42.7 Å². The van der Waals surface area contributed by atoms with Gasteiger partial charge in [-0.3, -0.25) is 0 Å². The van der Waals surface area contributed by atoms with Crippen LogP contribution in [-0.2, 0) is 19.4 Å². The lowest BCUT2D eigenvalue weighted by Crippen LogP contribution is -3.00. The van der Waals surface area contributed by atoms with Gasteiger partial charge in [0, 0.05) is 18.1 Å². The molecule has 162 valence electrons. The predicted octanol–water partition coefficient (Wildman–Crippen LogP) is 3.61. The number of aryl methyl sites for hydroxylation is 4. The number of unbranched alkanes of at least 4 members (excludes halogenated alkanes) is 5. The van der Waals surface area contributed by atoms with Crippen LogP contribution in [0, 0.1) is 6.92 Å². The third-order valence-electron chi connectivity index (χ3n) is 5.32. The normalized spacial score (nSPS) is 10.6. The first-order valence-corrected chi connectivity index (χ1v) is 11.4. The lowest BCUT2D eigenvalue weighted by atomic mass is 10.00. The van der Waals surface area contributed by atoms with Gasteiger partial charge in [0.2, 0.25) is 0 Å². The molecule has 0 spiro atoms. The number of hydrogen-bond acceptors (Lipinski definition) is 1. The smallest absolute Gasteiger partial charge is 0.171 e. The Balaban J connectivity index is 0.00000420. The maximum absolute atomic E-state index is 6.20. The summed E-state index contributed by atoms with van der Waals surface area (Å²) in [6.45, 7) is 8.55. The van der Waals surface area contributed by atoms with Crippen LogP contribution in [-0.4, -0.2) is 6.61 Å². The Labute approximate surface area is 189 Å². The fourth-order valence-corrected chi connectivity index (χ4v) is 3.64. The quantitative estimate of drug-likeness (QED) is 0.309. The van der Waals surface area contributed by atoms with E-state index in [0.717, 1.165) is 38.2 Å². The second-order valence-electron chi connectivity index (χ2n) is 8.03. The van der Waals surface area contributed by atoms with Gasteiger partial charge in [0.25, 0.3) is 0 Å². The Morgan fingerprint density at radius 2 is 1.62 bits per heavy atom. The summed E-state index contributed by atoms with van der Waals surface area (Å²) in [7, 11) is 0. The van der Waals surface area contributed by atoms with Crippen molar-refractivity contribution >= 4 is 0 Å². The lowest BCUT2D eigenvalue weighted by Gasteiger charge is -2.13. The van der Waals surface area contributed by atoms with Crippen molar-refractivity contribution in [3.05, 3.63) is 59.4 Å². The monoisotopic (exact) mass is 461 g/mol. The predicted molar refractivity (Wildman–Crippen MR) is 119 cm³/mol. The van der Waals surface area contributed by atoms with Gasteiger partial charge >= 0.3 is 0 Å². The van der Waals surface area contributed by atoms with Crippen molar-refractivity contribution < 1.29 is 26.3 Å². The van der Waals surface area contributed by atoms with Crippen molar-refractivity contribution in [3.63, 3.8) is 0 Å². The van der Waals surface area contributed by atoms with Gasteiger partial charge in [0.15, 0.2) is 12.4 Å². The Morgan fingerprint density at radius 3 is 2.34 bits per heavy atom. The molecular weight excluding hydrogens is 422 g/mol. The van der Waals surface area contributed by atoms with E-state index < -0.39 is 0 Å². The van der Waals surface area contributed by atoms with Crippen LogP contribution in [0.3, 0.4) is 0 Å². The minimum atomic E-state index is 0. The molecule has 1 aromatic carbocycles. The van der Waals surface area contributed by atoms with Gasteiger partial charge in [-0.1, -0.05) is 51.7 Å². The number of benzene rings is 1. The van der Waals surface area contributed by atoms with Gasteiger partial charge in [-0.15, -0.1) is 0 Å². The van der Waals surface area contributed by atoms with Crippen LogP contribution in [0.2, 0.25) is 0 Å². The van der Waals surface area contributed by atoms with Gasteiger partial charge in [0.05, 0.1) is 6.61 Å². The van der Waals surface area contributed by atoms with E-state index in [-0.39, 0.29) is 17.0 Å². The van der Waals surface area contributed by atoms with Crippen molar-refractivity contribution in [2.24, 2.45) is 0 Å². The minimum Gasteiger partial charge on any atom is -1.00 e. The van der Waals surface area contributed by atoms with E-state index in [0.29, 0.717) is 0 Å². The van der Waals surface area contributed by atoms with Crippen LogP contribution >= 0.6 is 0 Å². The summed E-state index contributed by atoms with van der Waals surface area (Å²) in [6.07, 6.45) is 16.7. The fourth-order valence-electron chi connectivity index (χ4n) is 3.64. The second kappa shape index (κ2) is 15.5. The van der Waals surface area contributed by atoms with Crippen molar-refractivity contribution in [1.82, 2.24) is 0 Å². The second-order valence-corrected chi connectivity index (χ2v) is 8.03. The molecule has 0 atom stereocenters. The summed E-state index contributed by atoms with van der Waals surface area (Å²) in [5.41, 5.74) is 4.20. The molecular formula is C26H40BrNO. The van der Waals surface area contributed by atoms with Crippen molar-refractivity contribution in [2.75, 3.05) is 6.61 Å².